The number of benzene rings is 1. The second-order valence-electron chi connectivity index (χ2n) is 6.05. The lowest BCUT2D eigenvalue weighted by Gasteiger charge is -2.18. The lowest BCUT2D eigenvalue weighted by atomic mass is 10.2. The molecule has 0 N–H and O–H groups in total. The number of nitrogens with zero attached hydrogens (tertiary/aromatic N) is 3. The molecule has 3 nitrogen and oxygen atoms in total. The van der Waals surface area contributed by atoms with Crippen LogP contribution in [0.3, 0.4) is 0 Å². The summed E-state index contributed by atoms with van der Waals surface area (Å²) in [6.45, 7) is 8.35. The maximum atomic E-state index is 4.54. The highest BCUT2D eigenvalue weighted by Gasteiger charge is 2.28. The summed E-state index contributed by atoms with van der Waals surface area (Å²) < 4.78 is 1.96. The molecule has 23 heavy (non-hydrogen) atoms. The molecule has 1 fully saturated rings. The molecule has 0 unspecified atom stereocenters. The van der Waals surface area contributed by atoms with Gasteiger partial charge >= 0.3 is 0 Å². The molecule has 1 saturated carbocycles. The largest absolute Gasteiger partial charge is 0.285 e. The Balaban J connectivity index is 1.66. The first-order valence-corrected chi connectivity index (χ1v) is 8.18. The number of hydrogen-bond donors (Lipinski definition) is 0. The number of aryl methyl sites for hydroxylation is 1. The van der Waals surface area contributed by atoms with Gasteiger partial charge in [0, 0.05) is 29.9 Å². The Hall–Kier alpha value is -2.31. The summed E-state index contributed by atoms with van der Waals surface area (Å²) in [5, 5.41) is 4.54. The molecule has 0 radical (unpaired) electrons. The van der Waals surface area contributed by atoms with E-state index in [0.717, 1.165) is 30.9 Å². The molecule has 0 bridgehead atoms. The highest BCUT2D eigenvalue weighted by molar-refractivity contribution is 5.34. The Morgan fingerprint density at radius 3 is 2.83 bits per heavy atom. The van der Waals surface area contributed by atoms with Gasteiger partial charge in [-0.1, -0.05) is 36.1 Å². The second-order valence-corrected chi connectivity index (χ2v) is 6.05. The minimum atomic E-state index is 0.683. The molecule has 2 aromatic rings. The molecular formula is C20H23N3. The Morgan fingerprint density at radius 2 is 2.13 bits per heavy atom. The normalized spacial score (nSPS) is 13.7. The zero-order valence-corrected chi connectivity index (χ0v) is 13.7. The standard InChI is InChI=1S/C20H23N3/c1-3-13-23-16-19(17(2)21-23)15-22(20-11-12-20)14-7-10-18-8-5-4-6-9-18/h3-6,8-9,16,20H,1,11-15H2,2H3. The monoisotopic (exact) mass is 305 g/mol. The second kappa shape index (κ2) is 7.30. The number of aromatic nitrogens is 2. The number of allylic oxidation sites excluding steroid dienone is 1. The van der Waals surface area contributed by atoms with Crippen LogP contribution in [0.1, 0.15) is 29.7 Å². The average molecular weight is 305 g/mol. The summed E-state index contributed by atoms with van der Waals surface area (Å²) in [6.07, 6.45) is 6.58. The van der Waals surface area contributed by atoms with Gasteiger partial charge < -0.3 is 0 Å². The van der Waals surface area contributed by atoms with Gasteiger partial charge in [0.05, 0.1) is 18.8 Å². The topological polar surface area (TPSA) is 21.1 Å². The van der Waals surface area contributed by atoms with Crippen molar-refractivity contribution in [2.24, 2.45) is 0 Å². The minimum absolute atomic E-state index is 0.683. The first kappa shape index (κ1) is 15.6. The zero-order valence-electron chi connectivity index (χ0n) is 13.7. The molecule has 1 aliphatic rings. The molecular weight excluding hydrogens is 282 g/mol. The van der Waals surface area contributed by atoms with Gasteiger partial charge in [0.2, 0.25) is 0 Å². The molecule has 0 amide bonds. The van der Waals surface area contributed by atoms with E-state index >= 15 is 0 Å². The molecule has 0 aliphatic heterocycles. The number of rotatable bonds is 6. The van der Waals surface area contributed by atoms with Crippen LogP contribution in [-0.4, -0.2) is 27.3 Å². The minimum Gasteiger partial charge on any atom is -0.285 e. The van der Waals surface area contributed by atoms with Gasteiger partial charge in [0.25, 0.3) is 0 Å². The third-order valence-corrected chi connectivity index (χ3v) is 4.09. The van der Waals surface area contributed by atoms with Crippen LogP contribution in [0.25, 0.3) is 0 Å². The lowest BCUT2D eigenvalue weighted by Crippen LogP contribution is -2.26. The molecule has 118 valence electrons. The smallest absolute Gasteiger partial charge is 0.0638 e. The van der Waals surface area contributed by atoms with E-state index in [0.29, 0.717) is 6.04 Å². The Morgan fingerprint density at radius 1 is 1.35 bits per heavy atom. The third kappa shape index (κ3) is 4.34. The van der Waals surface area contributed by atoms with Gasteiger partial charge in [-0.15, -0.1) is 6.58 Å². The Kier molecular flexibility index (Phi) is 4.95. The molecule has 0 atom stereocenters. The van der Waals surface area contributed by atoms with Crippen molar-refractivity contribution < 1.29 is 0 Å². The first-order chi connectivity index (χ1) is 11.3. The van der Waals surface area contributed by atoms with Crippen molar-refractivity contribution in [2.45, 2.75) is 38.9 Å². The quantitative estimate of drug-likeness (QED) is 0.602. The van der Waals surface area contributed by atoms with Crippen LogP contribution in [0.15, 0.2) is 49.2 Å². The third-order valence-electron chi connectivity index (χ3n) is 4.09. The average Bonchev–Trinajstić information content (AvgIpc) is 3.34. The molecule has 1 heterocycles. The van der Waals surface area contributed by atoms with Crippen LogP contribution >= 0.6 is 0 Å². The van der Waals surface area contributed by atoms with E-state index in [2.05, 4.69) is 53.7 Å². The maximum absolute atomic E-state index is 4.54. The van der Waals surface area contributed by atoms with Crippen molar-refractivity contribution in [3.63, 3.8) is 0 Å². The van der Waals surface area contributed by atoms with Gasteiger partial charge in [-0.05, 0) is 31.9 Å². The molecule has 3 heteroatoms. The van der Waals surface area contributed by atoms with Gasteiger partial charge in [0.1, 0.15) is 0 Å². The van der Waals surface area contributed by atoms with Gasteiger partial charge in [-0.25, -0.2) is 0 Å². The van der Waals surface area contributed by atoms with E-state index in [1.54, 1.807) is 0 Å². The van der Waals surface area contributed by atoms with E-state index in [1.165, 1.54) is 18.4 Å². The molecule has 0 saturated heterocycles. The fourth-order valence-electron chi connectivity index (χ4n) is 2.68. The van der Waals surface area contributed by atoms with Crippen LogP contribution in [0.2, 0.25) is 0 Å². The van der Waals surface area contributed by atoms with Crippen LogP contribution in [0.5, 0.6) is 0 Å². The van der Waals surface area contributed by atoms with Crippen molar-refractivity contribution in [3.8, 4) is 11.8 Å². The van der Waals surface area contributed by atoms with E-state index in [4.69, 9.17) is 0 Å². The van der Waals surface area contributed by atoms with Crippen molar-refractivity contribution >= 4 is 0 Å². The summed E-state index contributed by atoms with van der Waals surface area (Å²) in [6, 6.07) is 10.9. The summed E-state index contributed by atoms with van der Waals surface area (Å²) in [4.78, 5) is 2.47. The van der Waals surface area contributed by atoms with Crippen LogP contribution < -0.4 is 0 Å². The summed E-state index contributed by atoms with van der Waals surface area (Å²) in [7, 11) is 0. The van der Waals surface area contributed by atoms with E-state index in [1.807, 2.05) is 29.0 Å². The Labute approximate surface area is 138 Å². The van der Waals surface area contributed by atoms with E-state index in [-0.39, 0.29) is 0 Å². The summed E-state index contributed by atoms with van der Waals surface area (Å²) in [5.74, 6) is 6.59. The van der Waals surface area contributed by atoms with Crippen molar-refractivity contribution in [1.29, 1.82) is 0 Å². The Bertz CT molecular complexity index is 714. The highest BCUT2D eigenvalue weighted by Crippen LogP contribution is 2.28. The van der Waals surface area contributed by atoms with Crippen LogP contribution in [-0.2, 0) is 13.1 Å². The van der Waals surface area contributed by atoms with Gasteiger partial charge in [-0.2, -0.15) is 5.10 Å². The first-order valence-electron chi connectivity index (χ1n) is 8.18. The fourth-order valence-corrected chi connectivity index (χ4v) is 2.68. The maximum Gasteiger partial charge on any atom is 0.0638 e. The van der Waals surface area contributed by atoms with E-state index in [9.17, 15) is 0 Å². The summed E-state index contributed by atoms with van der Waals surface area (Å²) >= 11 is 0. The van der Waals surface area contributed by atoms with Crippen molar-refractivity contribution in [3.05, 3.63) is 66.0 Å². The van der Waals surface area contributed by atoms with Crippen LogP contribution in [0, 0.1) is 18.8 Å². The summed E-state index contributed by atoms with van der Waals surface area (Å²) in [5.41, 5.74) is 3.48. The van der Waals surface area contributed by atoms with E-state index < -0.39 is 0 Å². The van der Waals surface area contributed by atoms with Crippen LogP contribution in [0.4, 0.5) is 0 Å². The predicted octanol–water partition coefficient (Wildman–Crippen LogP) is 3.39. The molecule has 3 rings (SSSR count). The fraction of sp³-hybridized carbons (Fsp3) is 0.350. The van der Waals surface area contributed by atoms with Gasteiger partial charge in [0.15, 0.2) is 0 Å². The molecule has 1 aromatic heterocycles. The molecule has 1 aliphatic carbocycles. The molecule has 0 spiro atoms. The lowest BCUT2D eigenvalue weighted by molar-refractivity contribution is 0.287. The van der Waals surface area contributed by atoms with Crippen molar-refractivity contribution in [1.82, 2.24) is 14.7 Å². The SMILES string of the molecule is C=CCn1cc(CN(CC#Cc2ccccc2)C2CC2)c(C)n1. The highest BCUT2D eigenvalue weighted by atomic mass is 15.3. The van der Waals surface area contributed by atoms with Crippen molar-refractivity contribution in [2.75, 3.05) is 6.54 Å². The number of hydrogen-bond acceptors (Lipinski definition) is 2. The zero-order chi connectivity index (χ0) is 16.1. The predicted molar refractivity (Wildman–Crippen MR) is 93.9 cm³/mol. The van der Waals surface area contributed by atoms with Gasteiger partial charge in [-0.3, -0.25) is 9.58 Å². The molecule has 1 aromatic carbocycles.